The normalized spacial score (nSPS) is 14.9. The van der Waals surface area contributed by atoms with Crippen LogP contribution in [0.15, 0.2) is 0 Å². The van der Waals surface area contributed by atoms with Crippen molar-refractivity contribution in [1.82, 2.24) is 0 Å². The highest BCUT2D eigenvalue weighted by atomic mass is 16.4. The second kappa shape index (κ2) is 5.50. The van der Waals surface area contributed by atoms with E-state index in [1.807, 2.05) is 0 Å². The molecule has 0 fully saturated rings. The summed E-state index contributed by atoms with van der Waals surface area (Å²) in [6, 6.07) is -1.60. The third-order valence-electron chi connectivity index (χ3n) is 1.71. The number of carboxylic acid groups (broad SMARTS) is 1. The minimum absolute atomic E-state index is 0.302. The van der Waals surface area contributed by atoms with Crippen molar-refractivity contribution in [1.29, 1.82) is 0 Å². The molecule has 6 nitrogen and oxygen atoms in total. The Morgan fingerprint density at radius 2 is 1.62 bits per heavy atom. The van der Waals surface area contributed by atoms with Crippen molar-refractivity contribution in [3.8, 4) is 0 Å². The Hall–Kier alpha value is -1.14. The second-order valence-electron chi connectivity index (χ2n) is 2.88. The summed E-state index contributed by atoms with van der Waals surface area (Å²) in [4.78, 5) is 20.7. The van der Waals surface area contributed by atoms with Crippen LogP contribution >= 0.6 is 0 Å². The molecule has 0 saturated carbocycles. The van der Waals surface area contributed by atoms with Gasteiger partial charge in [0.15, 0.2) is 0 Å². The molecule has 0 aromatic heterocycles. The molecule has 7 N–H and O–H groups in total. The summed E-state index contributed by atoms with van der Waals surface area (Å²) >= 11 is 0. The average Bonchev–Trinajstić information content (AvgIpc) is 2.03. The van der Waals surface area contributed by atoms with Crippen molar-refractivity contribution in [2.24, 2.45) is 17.2 Å². The Labute approximate surface area is 76.1 Å². The molecule has 0 heterocycles. The number of rotatable bonds is 6. The Balaban J connectivity index is 3.56. The van der Waals surface area contributed by atoms with Gasteiger partial charge in [0.2, 0.25) is 5.91 Å². The summed E-state index contributed by atoms with van der Waals surface area (Å²) in [5.41, 5.74) is 15.4. The van der Waals surface area contributed by atoms with Gasteiger partial charge in [0.05, 0.1) is 6.04 Å². The van der Waals surface area contributed by atoms with Gasteiger partial charge < -0.3 is 22.3 Å². The number of hydrogen-bond acceptors (Lipinski definition) is 4. The Bertz CT molecular complexity index is 175. The maximum atomic E-state index is 10.5. The molecule has 0 aromatic rings. The molecule has 0 bridgehead atoms. The highest BCUT2D eigenvalue weighted by molar-refractivity contribution is 5.79. The predicted octanol–water partition coefficient (Wildman–Crippen LogP) is -1.62. The highest BCUT2D eigenvalue weighted by Gasteiger charge is 2.13. The van der Waals surface area contributed by atoms with E-state index in [-0.39, 0.29) is 0 Å². The van der Waals surface area contributed by atoms with Crippen molar-refractivity contribution in [2.45, 2.75) is 31.3 Å². The number of carboxylic acids is 1. The van der Waals surface area contributed by atoms with Crippen LogP contribution in [0.5, 0.6) is 0 Å². The SMILES string of the molecule is NC(=O)C(N)CCCC(N)C(=O)O. The fourth-order valence-electron chi connectivity index (χ4n) is 0.823. The summed E-state index contributed by atoms with van der Waals surface area (Å²) < 4.78 is 0. The number of hydrogen-bond donors (Lipinski definition) is 4. The van der Waals surface area contributed by atoms with Gasteiger partial charge in [-0.1, -0.05) is 0 Å². The molecule has 1 amide bonds. The Kier molecular flexibility index (Phi) is 5.01. The largest absolute Gasteiger partial charge is 0.480 e. The molecule has 0 aliphatic heterocycles. The predicted molar refractivity (Wildman–Crippen MR) is 46.6 cm³/mol. The van der Waals surface area contributed by atoms with Crippen LogP contribution in [-0.2, 0) is 9.59 Å². The molecule has 76 valence electrons. The van der Waals surface area contributed by atoms with E-state index in [4.69, 9.17) is 22.3 Å². The quantitative estimate of drug-likeness (QED) is 0.398. The highest BCUT2D eigenvalue weighted by Crippen LogP contribution is 2.01. The van der Waals surface area contributed by atoms with E-state index in [1.54, 1.807) is 0 Å². The first kappa shape index (κ1) is 11.9. The minimum atomic E-state index is -1.05. The van der Waals surface area contributed by atoms with E-state index in [9.17, 15) is 9.59 Å². The summed E-state index contributed by atoms with van der Waals surface area (Å²) in [5.74, 6) is -1.63. The van der Waals surface area contributed by atoms with Crippen LogP contribution < -0.4 is 17.2 Å². The van der Waals surface area contributed by atoms with Crippen molar-refractivity contribution in [2.75, 3.05) is 0 Å². The molecular formula is C7H15N3O3. The number of carbonyl (C=O) groups excluding carboxylic acids is 1. The average molecular weight is 189 g/mol. The molecule has 0 saturated heterocycles. The van der Waals surface area contributed by atoms with Crippen LogP contribution in [0, 0.1) is 0 Å². The van der Waals surface area contributed by atoms with Crippen molar-refractivity contribution < 1.29 is 14.7 Å². The van der Waals surface area contributed by atoms with Gasteiger partial charge in [0.25, 0.3) is 0 Å². The zero-order chi connectivity index (χ0) is 10.4. The fraction of sp³-hybridized carbons (Fsp3) is 0.714. The molecule has 0 aliphatic rings. The molecule has 2 unspecified atom stereocenters. The molecule has 0 rings (SSSR count). The van der Waals surface area contributed by atoms with E-state index >= 15 is 0 Å². The van der Waals surface area contributed by atoms with E-state index < -0.39 is 24.0 Å². The van der Waals surface area contributed by atoms with Gasteiger partial charge in [0.1, 0.15) is 6.04 Å². The molecule has 0 aromatic carbocycles. The fourth-order valence-corrected chi connectivity index (χ4v) is 0.823. The Morgan fingerprint density at radius 1 is 1.15 bits per heavy atom. The van der Waals surface area contributed by atoms with Gasteiger partial charge in [-0.3, -0.25) is 9.59 Å². The first-order valence-electron chi connectivity index (χ1n) is 3.98. The van der Waals surface area contributed by atoms with E-state index in [0.717, 1.165) is 0 Å². The maximum absolute atomic E-state index is 10.5. The smallest absolute Gasteiger partial charge is 0.320 e. The monoisotopic (exact) mass is 189 g/mol. The lowest BCUT2D eigenvalue weighted by molar-refractivity contribution is -0.138. The standard InChI is InChI=1S/C7H15N3O3/c8-4(6(10)11)2-1-3-5(9)7(12)13/h4-5H,1-3,8-9H2,(H2,10,11)(H,12,13). The molecular weight excluding hydrogens is 174 g/mol. The number of nitrogens with two attached hydrogens (primary N) is 3. The van der Waals surface area contributed by atoms with Gasteiger partial charge in [0, 0.05) is 0 Å². The lowest BCUT2D eigenvalue weighted by Gasteiger charge is -2.08. The van der Waals surface area contributed by atoms with Crippen LogP contribution in [0.3, 0.4) is 0 Å². The van der Waals surface area contributed by atoms with Crippen LogP contribution in [0.2, 0.25) is 0 Å². The van der Waals surface area contributed by atoms with Gasteiger partial charge in [-0.2, -0.15) is 0 Å². The molecule has 6 heteroatoms. The maximum Gasteiger partial charge on any atom is 0.320 e. The zero-order valence-corrected chi connectivity index (χ0v) is 7.27. The van der Waals surface area contributed by atoms with Crippen molar-refractivity contribution >= 4 is 11.9 Å². The number of aliphatic carboxylic acids is 1. The van der Waals surface area contributed by atoms with Crippen molar-refractivity contribution in [3.05, 3.63) is 0 Å². The summed E-state index contributed by atoms with van der Waals surface area (Å²) in [7, 11) is 0. The number of amides is 1. The van der Waals surface area contributed by atoms with Gasteiger partial charge in [-0.15, -0.1) is 0 Å². The van der Waals surface area contributed by atoms with Crippen LogP contribution in [0.1, 0.15) is 19.3 Å². The second-order valence-corrected chi connectivity index (χ2v) is 2.88. The topological polar surface area (TPSA) is 132 Å². The van der Waals surface area contributed by atoms with E-state index in [1.165, 1.54) is 0 Å². The minimum Gasteiger partial charge on any atom is -0.480 e. The first-order valence-corrected chi connectivity index (χ1v) is 3.98. The first-order chi connectivity index (χ1) is 5.95. The molecule has 0 aliphatic carbocycles. The summed E-state index contributed by atoms with van der Waals surface area (Å²) in [6.07, 6.45) is 1.16. The lowest BCUT2D eigenvalue weighted by Crippen LogP contribution is -2.37. The van der Waals surface area contributed by atoms with Gasteiger partial charge in [-0.25, -0.2) is 0 Å². The Morgan fingerprint density at radius 3 is 2.00 bits per heavy atom. The summed E-state index contributed by atoms with van der Waals surface area (Å²) in [5, 5.41) is 8.41. The zero-order valence-electron chi connectivity index (χ0n) is 7.27. The third kappa shape index (κ3) is 5.15. The summed E-state index contributed by atoms with van der Waals surface area (Å²) in [6.45, 7) is 0. The van der Waals surface area contributed by atoms with Crippen LogP contribution in [0.4, 0.5) is 0 Å². The molecule has 13 heavy (non-hydrogen) atoms. The third-order valence-corrected chi connectivity index (χ3v) is 1.71. The van der Waals surface area contributed by atoms with Gasteiger partial charge in [-0.05, 0) is 19.3 Å². The van der Waals surface area contributed by atoms with E-state index in [2.05, 4.69) is 0 Å². The molecule has 0 spiro atoms. The van der Waals surface area contributed by atoms with Crippen LogP contribution in [0.25, 0.3) is 0 Å². The van der Waals surface area contributed by atoms with Crippen LogP contribution in [-0.4, -0.2) is 29.1 Å². The lowest BCUT2D eigenvalue weighted by atomic mass is 10.1. The molecule has 2 atom stereocenters. The van der Waals surface area contributed by atoms with Gasteiger partial charge >= 0.3 is 5.97 Å². The number of primary amides is 1. The van der Waals surface area contributed by atoms with E-state index in [0.29, 0.717) is 19.3 Å². The number of carbonyl (C=O) groups is 2. The van der Waals surface area contributed by atoms with Crippen molar-refractivity contribution in [3.63, 3.8) is 0 Å². The molecule has 0 radical (unpaired) electrons.